The summed E-state index contributed by atoms with van der Waals surface area (Å²) in [5, 5.41) is 17.5. The molecule has 0 atom stereocenters. The molecule has 1 aromatic carbocycles. The largest absolute Gasteiger partial charge is 0.503 e. The zero-order valence-electron chi connectivity index (χ0n) is 6.69. The zero-order valence-corrected chi connectivity index (χ0v) is 6.69. The van der Waals surface area contributed by atoms with Crippen LogP contribution in [-0.4, -0.2) is 22.3 Å². The maximum atomic E-state index is 12.8. The fourth-order valence-electron chi connectivity index (χ4n) is 0.842. The third-order valence-electron chi connectivity index (χ3n) is 1.46. The number of benzene rings is 1. The standard InChI is InChI=1S/C8H4FNO4/c9-5-1-4(8(13)14)2-6(7(5)12)10-3-11/h1-2,12H,(H,13,14). The van der Waals surface area contributed by atoms with Gasteiger partial charge in [-0.1, -0.05) is 0 Å². The first-order valence-corrected chi connectivity index (χ1v) is 3.40. The molecular weight excluding hydrogens is 193 g/mol. The predicted octanol–water partition coefficient (Wildman–Crippen LogP) is 1.20. The zero-order chi connectivity index (χ0) is 10.7. The summed E-state index contributed by atoms with van der Waals surface area (Å²) >= 11 is 0. The molecule has 5 nitrogen and oxygen atoms in total. The molecule has 0 aliphatic carbocycles. The highest BCUT2D eigenvalue weighted by atomic mass is 19.1. The molecule has 1 aromatic rings. The Morgan fingerprint density at radius 2 is 2.14 bits per heavy atom. The van der Waals surface area contributed by atoms with Crippen LogP contribution < -0.4 is 0 Å². The molecule has 6 heteroatoms. The Balaban J connectivity index is 3.42. The van der Waals surface area contributed by atoms with Gasteiger partial charge >= 0.3 is 5.97 Å². The molecule has 0 aromatic heterocycles. The average molecular weight is 197 g/mol. The Labute approximate surface area is 77.1 Å². The second kappa shape index (κ2) is 3.68. The number of carboxylic acid groups (broad SMARTS) is 1. The molecule has 0 unspecified atom stereocenters. The Kier molecular flexibility index (Phi) is 2.59. The first-order chi connectivity index (χ1) is 6.56. The van der Waals surface area contributed by atoms with Crippen LogP contribution >= 0.6 is 0 Å². The molecule has 0 heterocycles. The molecule has 0 aliphatic heterocycles. The lowest BCUT2D eigenvalue weighted by Gasteiger charge is -2.00. The fourth-order valence-corrected chi connectivity index (χ4v) is 0.842. The Morgan fingerprint density at radius 1 is 1.50 bits per heavy atom. The second-order valence-corrected chi connectivity index (χ2v) is 2.33. The third-order valence-corrected chi connectivity index (χ3v) is 1.46. The maximum Gasteiger partial charge on any atom is 0.335 e. The number of carbonyl (C=O) groups excluding carboxylic acids is 1. The summed E-state index contributed by atoms with van der Waals surface area (Å²) in [6.45, 7) is 0. The van der Waals surface area contributed by atoms with Crippen molar-refractivity contribution in [2.45, 2.75) is 0 Å². The van der Waals surface area contributed by atoms with Gasteiger partial charge in [0.1, 0.15) is 5.69 Å². The van der Waals surface area contributed by atoms with Crippen LogP contribution in [0.25, 0.3) is 0 Å². The number of phenolic OH excluding ortho intramolecular Hbond substituents is 1. The van der Waals surface area contributed by atoms with Gasteiger partial charge in [0.05, 0.1) is 5.56 Å². The summed E-state index contributed by atoms with van der Waals surface area (Å²) in [4.78, 5) is 23.2. The number of aliphatic imine (C=N–C) groups is 1. The molecule has 0 spiro atoms. The summed E-state index contributed by atoms with van der Waals surface area (Å²) < 4.78 is 12.8. The van der Waals surface area contributed by atoms with E-state index in [1.54, 1.807) is 0 Å². The van der Waals surface area contributed by atoms with E-state index in [-0.39, 0.29) is 0 Å². The van der Waals surface area contributed by atoms with E-state index in [9.17, 15) is 14.0 Å². The monoisotopic (exact) mass is 197 g/mol. The molecule has 14 heavy (non-hydrogen) atoms. The van der Waals surface area contributed by atoms with E-state index in [2.05, 4.69) is 4.99 Å². The number of carbonyl (C=O) groups is 1. The quantitative estimate of drug-likeness (QED) is 0.550. The van der Waals surface area contributed by atoms with Crippen molar-refractivity contribution >= 4 is 17.7 Å². The van der Waals surface area contributed by atoms with Crippen molar-refractivity contribution in [3.63, 3.8) is 0 Å². The molecule has 72 valence electrons. The van der Waals surface area contributed by atoms with Gasteiger partial charge in [-0.3, -0.25) is 0 Å². The molecule has 0 aliphatic rings. The smallest absolute Gasteiger partial charge is 0.335 e. The number of hydrogen-bond acceptors (Lipinski definition) is 4. The van der Waals surface area contributed by atoms with Gasteiger partial charge in [0, 0.05) is 0 Å². The number of nitrogens with zero attached hydrogens (tertiary/aromatic N) is 1. The summed E-state index contributed by atoms with van der Waals surface area (Å²) in [6.07, 6.45) is 1.07. The molecule has 0 radical (unpaired) electrons. The van der Waals surface area contributed by atoms with Crippen molar-refractivity contribution in [3.05, 3.63) is 23.5 Å². The van der Waals surface area contributed by atoms with Crippen molar-refractivity contribution in [2.75, 3.05) is 0 Å². The first-order valence-electron chi connectivity index (χ1n) is 3.40. The fraction of sp³-hybridized carbons (Fsp3) is 0. The van der Waals surface area contributed by atoms with Crippen molar-refractivity contribution in [1.82, 2.24) is 0 Å². The van der Waals surface area contributed by atoms with E-state index < -0.39 is 28.8 Å². The Hall–Kier alpha value is -2.20. The molecule has 2 N–H and O–H groups in total. The molecule has 1 rings (SSSR count). The number of aromatic carboxylic acids is 1. The van der Waals surface area contributed by atoms with E-state index in [1.807, 2.05) is 0 Å². The number of rotatable bonds is 2. The first kappa shape index (κ1) is 9.88. The van der Waals surface area contributed by atoms with Crippen molar-refractivity contribution in [1.29, 1.82) is 0 Å². The van der Waals surface area contributed by atoms with Crippen LogP contribution in [0.15, 0.2) is 17.1 Å². The number of aromatic hydroxyl groups is 1. The minimum Gasteiger partial charge on any atom is -0.503 e. The van der Waals surface area contributed by atoms with E-state index in [0.717, 1.165) is 12.1 Å². The van der Waals surface area contributed by atoms with Gasteiger partial charge in [-0.2, -0.15) is 4.99 Å². The van der Waals surface area contributed by atoms with Crippen LogP contribution in [0.2, 0.25) is 0 Å². The number of isocyanates is 1. The van der Waals surface area contributed by atoms with E-state index in [4.69, 9.17) is 10.2 Å². The van der Waals surface area contributed by atoms with Crippen LogP contribution in [0.5, 0.6) is 5.75 Å². The highest BCUT2D eigenvalue weighted by molar-refractivity contribution is 5.89. The van der Waals surface area contributed by atoms with Crippen molar-refractivity contribution in [3.8, 4) is 5.75 Å². The average Bonchev–Trinajstić information content (AvgIpc) is 2.12. The SMILES string of the molecule is O=C=Nc1cc(C(=O)O)cc(F)c1O. The van der Waals surface area contributed by atoms with Gasteiger partial charge in [-0.05, 0) is 12.1 Å². The Morgan fingerprint density at radius 3 is 2.64 bits per heavy atom. The van der Waals surface area contributed by atoms with Gasteiger partial charge in [-0.25, -0.2) is 14.0 Å². The second-order valence-electron chi connectivity index (χ2n) is 2.33. The summed E-state index contributed by atoms with van der Waals surface area (Å²) in [7, 11) is 0. The van der Waals surface area contributed by atoms with Gasteiger partial charge in [-0.15, -0.1) is 0 Å². The molecule has 0 amide bonds. The lowest BCUT2D eigenvalue weighted by atomic mass is 10.2. The summed E-state index contributed by atoms with van der Waals surface area (Å²) in [6, 6.07) is 1.49. The maximum absolute atomic E-state index is 12.8. The minimum absolute atomic E-state index is 0.408. The molecule has 0 bridgehead atoms. The topological polar surface area (TPSA) is 87.0 Å². The van der Waals surface area contributed by atoms with Crippen molar-refractivity contribution < 1.29 is 24.2 Å². The van der Waals surface area contributed by atoms with E-state index in [1.165, 1.54) is 0 Å². The normalized spacial score (nSPS) is 9.21. The molecule has 0 saturated carbocycles. The van der Waals surface area contributed by atoms with Crippen LogP contribution in [0.1, 0.15) is 10.4 Å². The van der Waals surface area contributed by atoms with Gasteiger partial charge in [0.15, 0.2) is 11.6 Å². The van der Waals surface area contributed by atoms with E-state index >= 15 is 0 Å². The van der Waals surface area contributed by atoms with Gasteiger partial charge in [0.2, 0.25) is 6.08 Å². The number of carboxylic acids is 1. The van der Waals surface area contributed by atoms with Crippen LogP contribution in [0, 0.1) is 5.82 Å². The van der Waals surface area contributed by atoms with E-state index in [0.29, 0.717) is 6.07 Å². The van der Waals surface area contributed by atoms with Gasteiger partial charge in [0.25, 0.3) is 0 Å². The lowest BCUT2D eigenvalue weighted by Crippen LogP contribution is -1.96. The summed E-state index contributed by atoms with van der Waals surface area (Å²) in [5.74, 6) is -3.41. The number of phenols is 1. The Bertz CT molecular complexity index is 437. The van der Waals surface area contributed by atoms with Crippen molar-refractivity contribution in [2.24, 2.45) is 4.99 Å². The lowest BCUT2D eigenvalue weighted by molar-refractivity contribution is 0.0696. The highest BCUT2D eigenvalue weighted by Crippen LogP contribution is 2.30. The van der Waals surface area contributed by atoms with Crippen LogP contribution in [-0.2, 0) is 4.79 Å². The highest BCUT2D eigenvalue weighted by Gasteiger charge is 2.13. The molecule has 0 saturated heterocycles. The molecular formula is C8H4FNO4. The summed E-state index contributed by atoms with van der Waals surface area (Å²) in [5.41, 5.74) is -0.869. The van der Waals surface area contributed by atoms with Crippen LogP contribution in [0.3, 0.4) is 0 Å². The minimum atomic E-state index is -1.38. The van der Waals surface area contributed by atoms with Crippen LogP contribution in [0.4, 0.5) is 10.1 Å². The number of halogens is 1. The third kappa shape index (κ3) is 1.75. The predicted molar refractivity (Wildman–Crippen MR) is 42.8 cm³/mol. The number of hydrogen-bond donors (Lipinski definition) is 2. The van der Waals surface area contributed by atoms with Gasteiger partial charge < -0.3 is 10.2 Å². The molecule has 0 fully saturated rings.